The third-order valence-corrected chi connectivity index (χ3v) is 5.78. The number of pyridine rings is 1. The van der Waals surface area contributed by atoms with Crippen LogP contribution in [0.1, 0.15) is 24.8 Å². The van der Waals surface area contributed by atoms with E-state index in [1.165, 1.54) is 18.5 Å². The van der Waals surface area contributed by atoms with Gasteiger partial charge in [0.05, 0.1) is 29.3 Å². The van der Waals surface area contributed by atoms with Gasteiger partial charge in [-0.3, -0.25) is 9.69 Å². The quantitative estimate of drug-likeness (QED) is 0.235. The fourth-order valence-electron chi connectivity index (χ4n) is 3.71. The topological polar surface area (TPSA) is 133 Å². The molecule has 0 atom stereocenters. The van der Waals surface area contributed by atoms with E-state index in [0.717, 1.165) is 31.3 Å². The first kappa shape index (κ1) is 24.2. The number of hydrogen-bond donors (Lipinski definition) is 3. The Morgan fingerprint density at radius 3 is 2.73 bits per heavy atom. The van der Waals surface area contributed by atoms with Crippen molar-refractivity contribution in [3.05, 3.63) is 70.9 Å². The van der Waals surface area contributed by atoms with E-state index in [1.54, 1.807) is 0 Å². The molecule has 5 N–H and O–H groups in total. The van der Waals surface area contributed by atoms with E-state index in [-0.39, 0.29) is 23.5 Å². The van der Waals surface area contributed by atoms with Crippen LogP contribution in [0.4, 0.5) is 10.1 Å². The summed E-state index contributed by atoms with van der Waals surface area (Å²) in [6, 6.07) is 12.5. The van der Waals surface area contributed by atoms with Gasteiger partial charge >= 0.3 is 0 Å². The highest BCUT2D eigenvalue weighted by molar-refractivity contribution is 6.30. The molecule has 3 rings (SSSR count). The van der Waals surface area contributed by atoms with Crippen LogP contribution in [0.5, 0.6) is 0 Å². The Kier molecular flexibility index (Phi) is 7.98. The Hall–Kier alpha value is -3.48. The molecule has 1 amide bonds. The minimum absolute atomic E-state index is 0.0501. The fourth-order valence-corrected chi connectivity index (χ4v) is 3.93. The zero-order valence-corrected chi connectivity index (χ0v) is 18.7. The molecular weight excluding hydrogens is 445 g/mol. The molecule has 0 radical (unpaired) electrons. The number of nitrogens with one attached hydrogen (secondary N) is 1. The molecule has 172 valence electrons. The molecule has 1 aromatic carbocycles. The molecule has 2 heterocycles. The molecule has 33 heavy (non-hydrogen) atoms. The average molecular weight is 470 g/mol. The summed E-state index contributed by atoms with van der Waals surface area (Å²) in [5.74, 6) is -1.67. The van der Waals surface area contributed by atoms with Gasteiger partial charge in [0, 0.05) is 43.1 Å². The van der Waals surface area contributed by atoms with Gasteiger partial charge in [-0.25, -0.2) is 9.98 Å². The molecule has 1 aliphatic heterocycles. The number of halogens is 2. The number of likely N-dealkylation sites (tertiary alicyclic amines) is 1. The summed E-state index contributed by atoms with van der Waals surface area (Å²) in [4.78, 5) is 21.8. The van der Waals surface area contributed by atoms with Crippen molar-refractivity contribution < 1.29 is 9.18 Å². The molecule has 0 aliphatic carbocycles. The highest BCUT2D eigenvalue weighted by Gasteiger charge is 2.34. The van der Waals surface area contributed by atoms with Gasteiger partial charge in [-0.1, -0.05) is 23.7 Å². The maximum absolute atomic E-state index is 13.3. The van der Waals surface area contributed by atoms with Crippen molar-refractivity contribution in [3.63, 3.8) is 0 Å². The fraction of sp³-hybridized carbons (Fsp3) is 0.304. The third-order valence-electron chi connectivity index (χ3n) is 5.55. The molecule has 0 unspecified atom stereocenters. The van der Waals surface area contributed by atoms with E-state index in [0.29, 0.717) is 17.9 Å². The van der Waals surface area contributed by atoms with Crippen LogP contribution in [0.15, 0.2) is 59.4 Å². The third kappa shape index (κ3) is 6.75. The number of piperidine rings is 1. The molecule has 0 spiro atoms. The number of nitrogens with two attached hydrogens (primary N) is 2. The summed E-state index contributed by atoms with van der Waals surface area (Å²) in [6.45, 7) is 2.26. The number of benzene rings is 1. The molecule has 1 aliphatic rings. The van der Waals surface area contributed by atoms with Crippen LogP contribution in [0.25, 0.3) is 0 Å². The highest BCUT2D eigenvalue weighted by atomic mass is 35.5. The summed E-state index contributed by atoms with van der Waals surface area (Å²) in [7, 11) is 0. The van der Waals surface area contributed by atoms with Crippen molar-refractivity contribution in [1.82, 2.24) is 15.2 Å². The van der Waals surface area contributed by atoms with Gasteiger partial charge in [-0.15, -0.1) is 0 Å². The first-order chi connectivity index (χ1) is 15.8. The van der Waals surface area contributed by atoms with E-state index in [2.05, 4.69) is 26.3 Å². The number of aromatic nitrogens is 1. The summed E-state index contributed by atoms with van der Waals surface area (Å²) in [6.07, 6.45) is 4.24. The van der Waals surface area contributed by atoms with Gasteiger partial charge in [-0.2, -0.15) is 9.65 Å². The van der Waals surface area contributed by atoms with E-state index in [4.69, 9.17) is 23.1 Å². The number of rotatable bonds is 8. The summed E-state index contributed by atoms with van der Waals surface area (Å²) in [5.41, 5.74) is 12.2. The van der Waals surface area contributed by atoms with Crippen LogP contribution in [0.3, 0.4) is 0 Å². The largest absolute Gasteiger partial charge is 0.384 e. The van der Waals surface area contributed by atoms with E-state index < -0.39 is 17.4 Å². The number of carbonyl (C=O) groups is 1. The van der Waals surface area contributed by atoms with Gasteiger partial charge in [0.25, 0.3) is 5.91 Å². The first-order valence-corrected chi connectivity index (χ1v) is 10.8. The van der Waals surface area contributed by atoms with Crippen LogP contribution in [-0.4, -0.2) is 40.3 Å². The molecule has 1 aromatic heterocycles. The first-order valence-electron chi connectivity index (χ1n) is 10.4. The zero-order valence-electron chi connectivity index (χ0n) is 18.0. The van der Waals surface area contributed by atoms with Gasteiger partial charge < -0.3 is 16.8 Å². The summed E-state index contributed by atoms with van der Waals surface area (Å²) >= 11 is 6.08. The van der Waals surface area contributed by atoms with Crippen LogP contribution >= 0.6 is 11.6 Å². The van der Waals surface area contributed by atoms with Crippen LogP contribution in [0.2, 0.25) is 5.02 Å². The molecular formula is C23H25ClFN7O. The number of aliphatic imine (C=N–C) groups is 1. The molecule has 8 nitrogen and oxygen atoms in total. The van der Waals surface area contributed by atoms with E-state index in [9.17, 15) is 14.4 Å². The second-order valence-corrected chi connectivity index (χ2v) is 8.36. The number of hydrogen-bond acceptors (Lipinski definition) is 6. The number of nitriles is 1. The average Bonchev–Trinajstić information content (AvgIpc) is 2.75. The maximum Gasteiger partial charge on any atom is 0.253 e. The molecule has 1 saturated heterocycles. The molecule has 2 aromatic rings. The number of amides is 1. The second-order valence-electron chi connectivity index (χ2n) is 7.92. The number of carbonyl (C=O) groups excluding carboxylic acids is 1. The lowest BCUT2D eigenvalue weighted by Crippen LogP contribution is -2.51. The lowest BCUT2D eigenvalue weighted by Gasteiger charge is -2.41. The van der Waals surface area contributed by atoms with Crippen molar-refractivity contribution in [3.8, 4) is 6.07 Å². The Morgan fingerprint density at radius 2 is 2.09 bits per heavy atom. The summed E-state index contributed by atoms with van der Waals surface area (Å²) in [5, 5.41) is 13.3. The van der Waals surface area contributed by atoms with E-state index >= 15 is 0 Å². The number of primary amides is 1. The lowest BCUT2D eigenvalue weighted by atomic mass is 9.84. The maximum atomic E-state index is 13.3. The zero-order chi connectivity index (χ0) is 23.8. The Labute approximate surface area is 196 Å². The Balaban J connectivity index is 1.72. The highest BCUT2D eigenvalue weighted by Crippen LogP contribution is 2.27. The van der Waals surface area contributed by atoms with Gasteiger partial charge in [-0.05, 0) is 36.6 Å². The van der Waals surface area contributed by atoms with Crippen LogP contribution in [0, 0.1) is 17.3 Å². The van der Waals surface area contributed by atoms with Crippen molar-refractivity contribution in [2.24, 2.45) is 16.5 Å². The van der Waals surface area contributed by atoms with Crippen molar-refractivity contribution in [2.75, 3.05) is 13.1 Å². The SMILES string of the molecule is N#CCC1(N/C=C(/C(N)=O)C(N)=Nc2ccnc(F)c2)CCN(Cc2cccc(Cl)c2)CC1. The standard InChI is InChI=1S/C23H25ClFN7O/c24-17-3-1-2-16(12-17)15-32-10-6-23(5-8-26,7-11-32)30-14-19(22(28)33)21(27)31-18-4-9-29-20(25)13-18/h1-4,9,12-14,30H,5-7,10-11,15H2,(H2,28,33)(H2,27,29,31)/b19-14+. The molecule has 1 fully saturated rings. The minimum atomic E-state index is -0.788. The Bertz CT molecular complexity index is 1100. The summed E-state index contributed by atoms with van der Waals surface area (Å²) < 4.78 is 13.3. The number of nitrogens with zero attached hydrogens (tertiary/aromatic N) is 4. The molecule has 0 bridgehead atoms. The van der Waals surface area contributed by atoms with E-state index in [1.807, 2.05) is 24.3 Å². The predicted molar refractivity (Wildman–Crippen MR) is 125 cm³/mol. The van der Waals surface area contributed by atoms with Gasteiger partial charge in [0.1, 0.15) is 5.84 Å². The normalized spacial score (nSPS) is 16.8. The number of amidine groups is 1. The van der Waals surface area contributed by atoms with Gasteiger partial charge in [0.2, 0.25) is 5.95 Å². The van der Waals surface area contributed by atoms with Crippen molar-refractivity contribution >= 4 is 29.0 Å². The lowest BCUT2D eigenvalue weighted by molar-refractivity contribution is -0.114. The smallest absolute Gasteiger partial charge is 0.253 e. The molecule has 0 saturated carbocycles. The monoisotopic (exact) mass is 469 g/mol. The Morgan fingerprint density at radius 1 is 1.33 bits per heavy atom. The van der Waals surface area contributed by atoms with Crippen LogP contribution in [-0.2, 0) is 11.3 Å². The van der Waals surface area contributed by atoms with Gasteiger partial charge in [0.15, 0.2) is 0 Å². The molecule has 10 heteroatoms. The van der Waals surface area contributed by atoms with Crippen molar-refractivity contribution in [1.29, 1.82) is 5.26 Å². The van der Waals surface area contributed by atoms with Crippen molar-refractivity contribution in [2.45, 2.75) is 31.3 Å². The minimum Gasteiger partial charge on any atom is -0.384 e. The second kappa shape index (κ2) is 10.9. The van der Waals surface area contributed by atoms with Crippen LogP contribution < -0.4 is 16.8 Å². The predicted octanol–water partition coefficient (Wildman–Crippen LogP) is 2.77.